The van der Waals surface area contributed by atoms with Crippen LogP contribution in [0, 0.1) is 17.7 Å². The van der Waals surface area contributed by atoms with Crippen molar-refractivity contribution in [1.82, 2.24) is 0 Å². The third-order valence-electron chi connectivity index (χ3n) is 7.42. The molecular formula is C37H41F. The van der Waals surface area contributed by atoms with Crippen molar-refractivity contribution in [1.29, 1.82) is 0 Å². The Morgan fingerprint density at radius 1 is 0.553 bits per heavy atom. The Kier molecular flexibility index (Phi) is 10.6. The van der Waals surface area contributed by atoms with E-state index in [2.05, 4.69) is 74.2 Å². The third kappa shape index (κ3) is 7.82. The Hall–Kier alpha value is -3.37. The van der Waals surface area contributed by atoms with Gasteiger partial charge in [-0.2, -0.15) is 0 Å². The number of rotatable bonds is 12. The number of hydrogen-bond acceptors (Lipinski definition) is 0. The Bertz CT molecular complexity index is 1350. The lowest BCUT2D eigenvalue weighted by molar-refractivity contribution is 0.632. The van der Waals surface area contributed by atoms with E-state index < -0.39 is 0 Å². The Morgan fingerprint density at radius 3 is 1.82 bits per heavy atom. The van der Waals surface area contributed by atoms with Gasteiger partial charge < -0.3 is 0 Å². The van der Waals surface area contributed by atoms with Crippen molar-refractivity contribution >= 4 is 10.8 Å². The standard InChI is InChI=1S/C37H41F/c1-3-5-7-9-11-12-29-14-20-32(21-15-29)33-22-16-30(17-23-33)18-24-34-25-26-35-28-31(13-10-8-6-4-2)19-27-36(35)37(34)38/h14-17,19-23,25-28H,3-13H2,1-2H3. The van der Waals surface area contributed by atoms with Gasteiger partial charge in [0.2, 0.25) is 0 Å². The van der Waals surface area contributed by atoms with Crippen LogP contribution in [-0.4, -0.2) is 0 Å². The molecule has 0 aliphatic rings. The maximum atomic E-state index is 15.2. The molecule has 0 spiro atoms. The van der Waals surface area contributed by atoms with Crippen molar-refractivity contribution in [2.75, 3.05) is 0 Å². The van der Waals surface area contributed by atoms with E-state index in [1.807, 2.05) is 30.3 Å². The molecule has 0 amide bonds. The summed E-state index contributed by atoms with van der Waals surface area (Å²) in [4.78, 5) is 0. The van der Waals surface area contributed by atoms with Gasteiger partial charge in [-0.15, -0.1) is 0 Å². The molecule has 0 aromatic heterocycles. The molecule has 0 fully saturated rings. The van der Waals surface area contributed by atoms with Crippen LogP contribution in [0.1, 0.15) is 93.9 Å². The predicted octanol–water partition coefficient (Wildman–Crippen LogP) is 10.7. The zero-order valence-electron chi connectivity index (χ0n) is 23.2. The van der Waals surface area contributed by atoms with E-state index in [1.54, 1.807) is 0 Å². The van der Waals surface area contributed by atoms with Gasteiger partial charge in [0.1, 0.15) is 5.82 Å². The molecule has 0 atom stereocenters. The van der Waals surface area contributed by atoms with Crippen molar-refractivity contribution in [3.63, 3.8) is 0 Å². The maximum absolute atomic E-state index is 15.2. The lowest BCUT2D eigenvalue weighted by Crippen LogP contribution is -1.90. The predicted molar refractivity (Wildman–Crippen MR) is 162 cm³/mol. The zero-order chi connectivity index (χ0) is 26.6. The molecule has 0 radical (unpaired) electrons. The average Bonchev–Trinajstić information content (AvgIpc) is 2.95. The molecule has 4 rings (SSSR count). The molecule has 0 saturated heterocycles. The van der Waals surface area contributed by atoms with E-state index in [4.69, 9.17) is 0 Å². The SMILES string of the molecule is CCCCCCCc1ccc(-c2ccc(C#Cc3ccc4cc(CCCCCC)ccc4c3F)cc2)cc1. The minimum Gasteiger partial charge on any atom is -0.205 e. The van der Waals surface area contributed by atoms with E-state index in [0.717, 1.165) is 23.8 Å². The summed E-state index contributed by atoms with van der Waals surface area (Å²) in [6, 6.07) is 27.1. The van der Waals surface area contributed by atoms with Crippen LogP contribution < -0.4 is 0 Å². The van der Waals surface area contributed by atoms with E-state index in [1.165, 1.54) is 80.0 Å². The molecule has 0 bridgehead atoms. The summed E-state index contributed by atoms with van der Waals surface area (Å²) in [5.41, 5.74) is 6.41. The highest BCUT2D eigenvalue weighted by atomic mass is 19.1. The van der Waals surface area contributed by atoms with Crippen LogP contribution in [0.4, 0.5) is 4.39 Å². The molecule has 0 aliphatic heterocycles. The maximum Gasteiger partial charge on any atom is 0.146 e. The van der Waals surface area contributed by atoms with Crippen molar-refractivity contribution in [2.45, 2.75) is 84.5 Å². The van der Waals surface area contributed by atoms with Gasteiger partial charge in [0.05, 0.1) is 5.56 Å². The second-order valence-electron chi connectivity index (χ2n) is 10.5. The summed E-state index contributed by atoms with van der Waals surface area (Å²) in [5.74, 6) is 5.98. The molecule has 196 valence electrons. The molecule has 0 N–H and O–H groups in total. The summed E-state index contributed by atoms with van der Waals surface area (Å²) >= 11 is 0. The van der Waals surface area contributed by atoms with Gasteiger partial charge in [-0.3, -0.25) is 0 Å². The minimum atomic E-state index is -0.227. The first-order chi connectivity index (χ1) is 18.7. The fraction of sp³-hybridized carbons (Fsp3) is 0.351. The first-order valence-electron chi connectivity index (χ1n) is 14.6. The number of fused-ring (bicyclic) bond motifs is 1. The highest BCUT2D eigenvalue weighted by molar-refractivity contribution is 5.85. The molecule has 0 unspecified atom stereocenters. The molecule has 0 saturated carbocycles. The second kappa shape index (κ2) is 14.5. The lowest BCUT2D eigenvalue weighted by atomic mass is 9.99. The monoisotopic (exact) mass is 504 g/mol. The van der Waals surface area contributed by atoms with Gasteiger partial charge in [-0.05, 0) is 71.5 Å². The Morgan fingerprint density at radius 2 is 1.13 bits per heavy atom. The van der Waals surface area contributed by atoms with Crippen LogP contribution >= 0.6 is 0 Å². The third-order valence-corrected chi connectivity index (χ3v) is 7.42. The molecule has 0 heterocycles. The summed E-state index contributed by atoms with van der Waals surface area (Å²) in [7, 11) is 0. The number of aryl methyl sites for hydroxylation is 2. The zero-order valence-corrected chi connectivity index (χ0v) is 23.2. The molecular weight excluding hydrogens is 463 g/mol. The Labute approximate surface area is 229 Å². The number of hydrogen-bond donors (Lipinski definition) is 0. The summed E-state index contributed by atoms with van der Waals surface area (Å²) < 4.78 is 15.2. The van der Waals surface area contributed by atoms with E-state index in [0.29, 0.717) is 10.9 Å². The highest BCUT2D eigenvalue weighted by Crippen LogP contribution is 2.24. The van der Waals surface area contributed by atoms with Gasteiger partial charge in [0.25, 0.3) is 0 Å². The molecule has 38 heavy (non-hydrogen) atoms. The van der Waals surface area contributed by atoms with Crippen molar-refractivity contribution < 1.29 is 4.39 Å². The van der Waals surface area contributed by atoms with E-state index in [9.17, 15) is 0 Å². The molecule has 4 aromatic carbocycles. The van der Waals surface area contributed by atoms with Crippen LogP contribution in [0.5, 0.6) is 0 Å². The smallest absolute Gasteiger partial charge is 0.146 e. The number of benzene rings is 4. The van der Waals surface area contributed by atoms with Gasteiger partial charge in [-0.1, -0.05) is 131 Å². The van der Waals surface area contributed by atoms with Crippen molar-refractivity contribution in [3.8, 4) is 23.0 Å². The molecule has 0 nitrogen and oxygen atoms in total. The summed E-state index contributed by atoms with van der Waals surface area (Å²) in [6.07, 6.45) is 13.7. The van der Waals surface area contributed by atoms with Gasteiger partial charge in [0, 0.05) is 10.9 Å². The quantitative estimate of drug-likeness (QED) is 0.133. The number of unbranched alkanes of at least 4 members (excludes halogenated alkanes) is 7. The van der Waals surface area contributed by atoms with Gasteiger partial charge >= 0.3 is 0 Å². The first-order valence-corrected chi connectivity index (χ1v) is 14.6. The van der Waals surface area contributed by atoms with Crippen LogP contribution in [0.15, 0.2) is 78.9 Å². The van der Waals surface area contributed by atoms with Crippen LogP contribution in [0.3, 0.4) is 0 Å². The number of halogens is 1. The summed E-state index contributed by atoms with van der Waals surface area (Å²) in [6.45, 7) is 4.48. The van der Waals surface area contributed by atoms with Crippen LogP contribution in [0.2, 0.25) is 0 Å². The molecule has 0 aliphatic carbocycles. The summed E-state index contributed by atoms with van der Waals surface area (Å²) in [5, 5.41) is 1.60. The Balaban J connectivity index is 1.38. The fourth-order valence-electron chi connectivity index (χ4n) is 5.03. The van der Waals surface area contributed by atoms with Crippen molar-refractivity contribution in [3.05, 3.63) is 107 Å². The highest BCUT2D eigenvalue weighted by Gasteiger charge is 2.07. The van der Waals surface area contributed by atoms with Crippen molar-refractivity contribution in [2.24, 2.45) is 0 Å². The van der Waals surface area contributed by atoms with Crippen LogP contribution in [-0.2, 0) is 12.8 Å². The minimum absolute atomic E-state index is 0.227. The van der Waals surface area contributed by atoms with Gasteiger partial charge in [-0.25, -0.2) is 4.39 Å². The topological polar surface area (TPSA) is 0 Å². The van der Waals surface area contributed by atoms with E-state index in [-0.39, 0.29) is 5.82 Å². The molecule has 1 heteroatoms. The largest absolute Gasteiger partial charge is 0.205 e. The lowest BCUT2D eigenvalue weighted by Gasteiger charge is -2.06. The van der Waals surface area contributed by atoms with Crippen LogP contribution in [0.25, 0.3) is 21.9 Å². The van der Waals surface area contributed by atoms with E-state index >= 15 is 4.39 Å². The molecule has 4 aromatic rings. The normalized spacial score (nSPS) is 10.9. The fourth-order valence-corrected chi connectivity index (χ4v) is 5.03. The average molecular weight is 505 g/mol. The second-order valence-corrected chi connectivity index (χ2v) is 10.5. The first kappa shape index (κ1) is 27.7. The van der Waals surface area contributed by atoms with Gasteiger partial charge in [0.15, 0.2) is 0 Å².